The Hall–Kier alpha value is -2.44. The van der Waals surface area contributed by atoms with Crippen LogP contribution in [0, 0.1) is 11.3 Å². The smallest absolute Gasteiger partial charge is 0.252 e. The highest BCUT2D eigenvalue weighted by atomic mass is 32.2. The lowest BCUT2D eigenvalue weighted by molar-refractivity contribution is 0.588. The van der Waals surface area contributed by atoms with E-state index < -0.39 is 10.0 Å². The molecule has 1 aromatic carbocycles. The van der Waals surface area contributed by atoms with Crippen molar-refractivity contribution >= 4 is 15.7 Å². The first-order chi connectivity index (χ1) is 8.97. The predicted molar refractivity (Wildman–Crippen MR) is 66.7 cm³/mol. The van der Waals surface area contributed by atoms with Gasteiger partial charge < -0.3 is 5.73 Å². The molecule has 8 nitrogen and oxygen atoms in total. The molecule has 0 aliphatic rings. The fourth-order valence-corrected chi connectivity index (χ4v) is 2.22. The van der Waals surface area contributed by atoms with E-state index in [4.69, 9.17) is 11.0 Å². The van der Waals surface area contributed by atoms with Gasteiger partial charge in [-0.25, -0.2) is 22.8 Å². The molecule has 2 aromatic rings. The van der Waals surface area contributed by atoms with Crippen LogP contribution in [0.15, 0.2) is 29.4 Å². The fraction of sp³-hybridized carbons (Fsp3) is 0.100. The van der Waals surface area contributed by atoms with Crippen molar-refractivity contribution in [3.8, 4) is 11.8 Å². The second-order valence-electron chi connectivity index (χ2n) is 3.55. The molecular weight excluding hydrogens is 268 g/mol. The number of hydrogen-bond donors (Lipinski definition) is 2. The normalized spacial score (nSPS) is 11.2. The van der Waals surface area contributed by atoms with Gasteiger partial charge in [-0.1, -0.05) is 0 Å². The van der Waals surface area contributed by atoms with Crippen LogP contribution in [0.5, 0.6) is 0 Å². The van der Waals surface area contributed by atoms with Gasteiger partial charge in [0.15, 0.2) is 0 Å². The van der Waals surface area contributed by atoms with Crippen molar-refractivity contribution in [2.24, 2.45) is 0 Å². The predicted octanol–water partition coefficient (Wildman–Crippen LogP) is -0.371. The summed E-state index contributed by atoms with van der Waals surface area (Å²) in [7, 11) is -2.23. The van der Waals surface area contributed by atoms with E-state index >= 15 is 0 Å². The number of sulfonamides is 1. The molecule has 9 heteroatoms. The number of nitriles is 1. The minimum Gasteiger partial charge on any atom is -0.397 e. The minimum absolute atomic E-state index is 0.00585. The molecule has 3 N–H and O–H groups in total. The summed E-state index contributed by atoms with van der Waals surface area (Å²) in [5, 5.41) is 12.5. The highest BCUT2D eigenvalue weighted by Gasteiger charge is 2.14. The molecule has 19 heavy (non-hydrogen) atoms. The number of rotatable bonds is 3. The number of anilines is 1. The van der Waals surface area contributed by atoms with E-state index in [-0.39, 0.29) is 16.4 Å². The Labute approximate surface area is 109 Å². The molecule has 1 heterocycles. The maximum absolute atomic E-state index is 11.6. The lowest BCUT2D eigenvalue weighted by Crippen LogP contribution is -2.19. The number of nitrogens with one attached hydrogen (secondary N) is 1. The standard InChI is InChI=1S/C10H10N6O2S/c1-13-19(17,18)7-2-3-9(8(12)4-7)16-6-14-10(5-11)15-16/h2-4,6,13H,12H2,1H3. The molecule has 0 bridgehead atoms. The van der Waals surface area contributed by atoms with E-state index in [0.29, 0.717) is 5.69 Å². The van der Waals surface area contributed by atoms with Crippen LogP contribution in [-0.2, 0) is 10.0 Å². The van der Waals surface area contributed by atoms with E-state index in [1.54, 1.807) is 6.07 Å². The molecule has 0 radical (unpaired) electrons. The monoisotopic (exact) mass is 278 g/mol. The van der Waals surface area contributed by atoms with Crippen molar-refractivity contribution in [1.29, 1.82) is 5.26 Å². The summed E-state index contributed by atoms with van der Waals surface area (Å²) in [6.07, 6.45) is 1.33. The van der Waals surface area contributed by atoms with Gasteiger partial charge in [-0.3, -0.25) is 0 Å². The van der Waals surface area contributed by atoms with Crippen LogP contribution in [0.2, 0.25) is 0 Å². The lowest BCUT2D eigenvalue weighted by Gasteiger charge is -2.07. The Balaban J connectivity index is 2.49. The molecule has 0 spiro atoms. The fourth-order valence-electron chi connectivity index (χ4n) is 1.46. The topological polar surface area (TPSA) is 127 Å². The molecule has 2 rings (SSSR count). The first-order valence-electron chi connectivity index (χ1n) is 5.13. The molecule has 1 aromatic heterocycles. The van der Waals surface area contributed by atoms with Crippen molar-refractivity contribution in [2.45, 2.75) is 4.90 Å². The summed E-state index contributed by atoms with van der Waals surface area (Å²) in [5.41, 5.74) is 6.45. The van der Waals surface area contributed by atoms with Crippen LogP contribution in [0.3, 0.4) is 0 Å². The van der Waals surface area contributed by atoms with Crippen molar-refractivity contribution in [3.63, 3.8) is 0 Å². The van der Waals surface area contributed by atoms with Crippen LogP contribution < -0.4 is 10.5 Å². The Kier molecular flexibility index (Phi) is 3.20. The lowest BCUT2D eigenvalue weighted by atomic mass is 10.3. The molecule has 0 fully saturated rings. The second-order valence-corrected chi connectivity index (χ2v) is 5.44. The molecule has 0 aliphatic heterocycles. The average molecular weight is 278 g/mol. The second kappa shape index (κ2) is 4.68. The highest BCUT2D eigenvalue weighted by Crippen LogP contribution is 2.20. The first kappa shape index (κ1) is 13.0. The van der Waals surface area contributed by atoms with Crippen LogP contribution in [0.4, 0.5) is 5.69 Å². The van der Waals surface area contributed by atoms with Crippen LogP contribution in [-0.4, -0.2) is 30.2 Å². The summed E-state index contributed by atoms with van der Waals surface area (Å²) in [6.45, 7) is 0. The molecule has 0 saturated heterocycles. The van der Waals surface area contributed by atoms with Gasteiger partial charge >= 0.3 is 0 Å². The number of nitrogens with two attached hydrogens (primary N) is 1. The van der Waals surface area contributed by atoms with Gasteiger partial charge in [0.25, 0.3) is 5.82 Å². The van der Waals surface area contributed by atoms with Crippen molar-refractivity contribution in [3.05, 3.63) is 30.4 Å². The molecule has 0 saturated carbocycles. The van der Waals surface area contributed by atoms with Gasteiger partial charge in [-0.2, -0.15) is 5.26 Å². The van der Waals surface area contributed by atoms with Gasteiger partial charge in [0.05, 0.1) is 16.3 Å². The SMILES string of the molecule is CNS(=O)(=O)c1ccc(-n2cnc(C#N)n2)c(N)c1. The number of nitrogens with zero attached hydrogens (tertiary/aromatic N) is 4. The van der Waals surface area contributed by atoms with Gasteiger partial charge in [0.1, 0.15) is 12.4 Å². The Bertz CT molecular complexity index is 759. The zero-order valence-electron chi connectivity index (χ0n) is 9.90. The minimum atomic E-state index is -3.55. The van der Waals surface area contributed by atoms with E-state index in [2.05, 4.69) is 14.8 Å². The van der Waals surface area contributed by atoms with Gasteiger partial charge in [0.2, 0.25) is 10.0 Å². The number of aromatic nitrogens is 3. The zero-order chi connectivity index (χ0) is 14.0. The Morgan fingerprint density at radius 1 is 1.47 bits per heavy atom. The van der Waals surface area contributed by atoms with Gasteiger partial charge in [0, 0.05) is 0 Å². The van der Waals surface area contributed by atoms with Gasteiger partial charge in [-0.05, 0) is 25.2 Å². The first-order valence-corrected chi connectivity index (χ1v) is 6.61. The molecule has 0 atom stereocenters. The maximum atomic E-state index is 11.6. The Morgan fingerprint density at radius 3 is 2.74 bits per heavy atom. The van der Waals surface area contributed by atoms with Crippen LogP contribution >= 0.6 is 0 Å². The van der Waals surface area contributed by atoms with Crippen molar-refractivity contribution in [1.82, 2.24) is 19.5 Å². The van der Waals surface area contributed by atoms with Crippen LogP contribution in [0.25, 0.3) is 5.69 Å². The van der Waals surface area contributed by atoms with Gasteiger partial charge in [-0.15, -0.1) is 5.10 Å². The molecule has 0 unspecified atom stereocenters. The summed E-state index contributed by atoms with van der Waals surface area (Å²) in [6, 6.07) is 6.00. The maximum Gasteiger partial charge on any atom is 0.252 e. The van der Waals surface area contributed by atoms with E-state index in [1.807, 2.05) is 0 Å². The van der Waals surface area contributed by atoms with E-state index in [0.717, 1.165) is 0 Å². The number of hydrogen-bond acceptors (Lipinski definition) is 6. The third-order valence-electron chi connectivity index (χ3n) is 2.42. The third-order valence-corrected chi connectivity index (χ3v) is 3.83. The summed E-state index contributed by atoms with van der Waals surface area (Å²) >= 11 is 0. The van der Waals surface area contributed by atoms with Crippen molar-refractivity contribution < 1.29 is 8.42 Å². The van der Waals surface area contributed by atoms with Crippen LogP contribution in [0.1, 0.15) is 5.82 Å². The zero-order valence-corrected chi connectivity index (χ0v) is 10.7. The number of nitrogen functional groups attached to an aromatic ring is 1. The quantitative estimate of drug-likeness (QED) is 0.737. The van der Waals surface area contributed by atoms with Crippen molar-refractivity contribution in [2.75, 3.05) is 12.8 Å². The molecule has 0 amide bonds. The summed E-state index contributed by atoms with van der Waals surface area (Å²) in [5.74, 6) is 0.00585. The average Bonchev–Trinajstić information content (AvgIpc) is 2.87. The summed E-state index contributed by atoms with van der Waals surface area (Å²) < 4.78 is 26.7. The number of benzene rings is 1. The highest BCUT2D eigenvalue weighted by molar-refractivity contribution is 7.89. The van der Waals surface area contributed by atoms with E-state index in [1.165, 1.54) is 36.3 Å². The Morgan fingerprint density at radius 2 is 2.21 bits per heavy atom. The molecular formula is C10H10N6O2S. The summed E-state index contributed by atoms with van der Waals surface area (Å²) in [4.78, 5) is 3.80. The molecule has 0 aliphatic carbocycles. The molecule has 98 valence electrons. The van der Waals surface area contributed by atoms with E-state index in [9.17, 15) is 8.42 Å². The third kappa shape index (κ3) is 2.40. The largest absolute Gasteiger partial charge is 0.397 e.